The Balaban J connectivity index is 3.10. The molecule has 0 radical (unpaired) electrons. The van der Waals surface area contributed by atoms with Gasteiger partial charge in [0.05, 0.1) is 4.90 Å². The third-order valence-electron chi connectivity index (χ3n) is 3.47. The van der Waals surface area contributed by atoms with E-state index in [-0.39, 0.29) is 10.9 Å². The van der Waals surface area contributed by atoms with Crippen LogP contribution in [0.5, 0.6) is 0 Å². The van der Waals surface area contributed by atoms with Crippen LogP contribution in [-0.2, 0) is 14.6 Å². The molecule has 20 heavy (non-hydrogen) atoms. The molecule has 1 aromatic carbocycles. The van der Waals surface area contributed by atoms with Gasteiger partial charge in [0.15, 0.2) is 9.84 Å². The summed E-state index contributed by atoms with van der Waals surface area (Å²) in [6.45, 7) is 6.80. The van der Waals surface area contributed by atoms with Crippen molar-refractivity contribution < 1.29 is 13.2 Å². The van der Waals surface area contributed by atoms with E-state index in [0.717, 1.165) is 6.42 Å². The lowest BCUT2D eigenvalue weighted by Crippen LogP contribution is -2.42. The van der Waals surface area contributed by atoms with Crippen molar-refractivity contribution in [3.05, 3.63) is 23.8 Å². The summed E-state index contributed by atoms with van der Waals surface area (Å²) in [6.07, 6.45) is 0.746. The minimum absolute atomic E-state index is 0.0536. The van der Waals surface area contributed by atoms with Gasteiger partial charge in [0.25, 0.3) is 0 Å². The highest BCUT2D eigenvalue weighted by Crippen LogP contribution is 2.24. The Kier molecular flexibility index (Phi) is 5.16. The van der Waals surface area contributed by atoms with Gasteiger partial charge in [0.2, 0.25) is 5.91 Å². The molecule has 1 amide bonds. The summed E-state index contributed by atoms with van der Waals surface area (Å²) in [5.41, 5.74) is 6.62. The Bertz CT molecular complexity index is 596. The zero-order valence-corrected chi connectivity index (χ0v) is 13.1. The van der Waals surface area contributed by atoms with Crippen molar-refractivity contribution in [1.29, 1.82) is 0 Å². The largest absolute Gasteiger partial charge is 0.398 e. The number of nitrogens with one attached hydrogen (secondary N) is 1. The SMILES string of the molecule is CCC(C)NC(=O)C(C)S(=O)(=O)c1cccc(N)c1C. The molecule has 3 N–H and O–H groups in total. The van der Waals surface area contributed by atoms with Gasteiger partial charge < -0.3 is 11.1 Å². The molecule has 6 heteroatoms. The fourth-order valence-corrected chi connectivity index (χ4v) is 3.28. The summed E-state index contributed by atoms with van der Waals surface area (Å²) in [7, 11) is -3.74. The van der Waals surface area contributed by atoms with Gasteiger partial charge in [-0.2, -0.15) is 0 Å². The molecule has 0 aromatic heterocycles. The lowest BCUT2D eigenvalue weighted by Gasteiger charge is -2.18. The van der Waals surface area contributed by atoms with Gasteiger partial charge in [0, 0.05) is 11.7 Å². The van der Waals surface area contributed by atoms with Crippen LogP contribution < -0.4 is 11.1 Å². The summed E-state index contributed by atoms with van der Waals surface area (Å²) in [6, 6.07) is 4.64. The fraction of sp³-hybridized carbons (Fsp3) is 0.500. The molecule has 112 valence electrons. The van der Waals surface area contributed by atoms with Crippen LogP contribution in [0.2, 0.25) is 0 Å². The normalized spacial score (nSPS) is 14.6. The minimum atomic E-state index is -3.74. The third kappa shape index (κ3) is 3.30. The Morgan fingerprint density at radius 1 is 1.35 bits per heavy atom. The molecule has 0 aliphatic heterocycles. The Morgan fingerprint density at radius 3 is 2.50 bits per heavy atom. The van der Waals surface area contributed by atoms with E-state index in [9.17, 15) is 13.2 Å². The topological polar surface area (TPSA) is 89.3 Å². The van der Waals surface area contributed by atoms with Crippen molar-refractivity contribution in [3.8, 4) is 0 Å². The molecule has 0 bridgehead atoms. The number of hydrogen-bond acceptors (Lipinski definition) is 4. The van der Waals surface area contributed by atoms with E-state index in [1.165, 1.54) is 13.0 Å². The first kappa shape index (κ1) is 16.5. The highest BCUT2D eigenvalue weighted by Gasteiger charge is 2.31. The quantitative estimate of drug-likeness (QED) is 0.809. The van der Waals surface area contributed by atoms with Crippen LogP contribution in [0.15, 0.2) is 23.1 Å². The van der Waals surface area contributed by atoms with Gasteiger partial charge in [0.1, 0.15) is 5.25 Å². The summed E-state index contributed by atoms with van der Waals surface area (Å²) >= 11 is 0. The lowest BCUT2D eigenvalue weighted by molar-refractivity contribution is -0.121. The Morgan fingerprint density at radius 2 is 1.95 bits per heavy atom. The maximum Gasteiger partial charge on any atom is 0.238 e. The van der Waals surface area contributed by atoms with E-state index in [2.05, 4.69) is 5.32 Å². The van der Waals surface area contributed by atoms with Crippen LogP contribution in [0.1, 0.15) is 32.8 Å². The van der Waals surface area contributed by atoms with Gasteiger partial charge in [-0.15, -0.1) is 0 Å². The van der Waals surface area contributed by atoms with E-state index < -0.39 is 21.0 Å². The molecular weight excluding hydrogens is 276 g/mol. The number of benzene rings is 1. The average molecular weight is 298 g/mol. The van der Waals surface area contributed by atoms with Crippen molar-refractivity contribution in [2.45, 2.75) is 50.3 Å². The monoisotopic (exact) mass is 298 g/mol. The van der Waals surface area contributed by atoms with E-state index in [0.29, 0.717) is 11.3 Å². The van der Waals surface area contributed by atoms with Crippen molar-refractivity contribution in [3.63, 3.8) is 0 Å². The van der Waals surface area contributed by atoms with Gasteiger partial charge in [-0.1, -0.05) is 13.0 Å². The van der Waals surface area contributed by atoms with Crippen molar-refractivity contribution in [2.75, 3.05) is 5.73 Å². The van der Waals surface area contributed by atoms with Gasteiger partial charge in [-0.3, -0.25) is 4.79 Å². The van der Waals surface area contributed by atoms with Crippen molar-refractivity contribution >= 4 is 21.4 Å². The number of hydrogen-bond donors (Lipinski definition) is 2. The predicted molar refractivity (Wildman–Crippen MR) is 80.1 cm³/mol. The average Bonchev–Trinajstić information content (AvgIpc) is 2.40. The fourth-order valence-electron chi connectivity index (χ4n) is 1.73. The number of carbonyl (C=O) groups excluding carboxylic acids is 1. The molecule has 0 aliphatic rings. The molecule has 0 saturated heterocycles. The molecule has 1 aromatic rings. The first-order chi connectivity index (χ1) is 9.21. The second-order valence-corrected chi connectivity index (χ2v) is 7.21. The molecule has 1 rings (SSSR count). The first-order valence-electron chi connectivity index (χ1n) is 6.61. The molecule has 0 aliphatic carbocycles. The zero-order valence-electron chi connectivity index (χ0n) is 12.3. The Labute approximate surface area is 120 Å². The highest BCUT2D eigenvalue weighted by molar-refractivity contribution is 7.92. The number of nitrogens with two attached hydrogens (primary N) is 1. The number of rotatable bonds is 5. The Hall–Kier alpha value is -1.56. The molecule has 2 unspecified atom stereocenters. The summed E-state index contributed by atoms with van der Waals surface area (Å²) in [5.74, 6) is -0.485. The third-order valence-corrected chi connectivity index (χ3v) is 5.67. The van der Waals surface area contributed by atoms with E-state index >= 15 is 0 Å². The number of carbonyl (C=O) groups is 1. The highest BCUT2D eigenvalue weighted by atomic mass is 32.2. The van der Waals surface area contributed by atoms with E-state index in [4.69, 9.17) is 5.73 Å². The smallest absolute Gasteiger partial charge is 0.238 e. The van der Waals surface area contributed by atoms with Crippen LogP contribution in [0.3, 0.4) is 0 Å². The van der Waals surface area contributed by atoms with E-state index in [1.807, 2.05) is 13.8 Å². The maximum absolute atomic E-state index is 12.5. The van der Waals surface area contributed by atoms with E-state index in [1.54, 1.807) is 19.1 Å². The molecule has 0 fully saturated rings. The van der Waals surface area contributed by atoms with Crippen molar-refractivity contribution in [1.82, 2.24) is 5.32 Å². The standard InChI is InChI=1S/C14H22N2O3S/c1-5-9(2)16-14(17)11(4)20(18,19)13-8-6-7-12(15)10(13)3/h6-9,11H,5,15H2,1-4H3,(H,16,17). The summed E-state index contributed by atoms with van der Waals surface area (Å²) in [5, 5.41) is 1.55. The molecule has 0 saturated carbocycles. The summed E-state index contributed by atoms with van der Waals surface area (Å²) < 4.78 is 25.0. The second-order valence-electron chi connectivity index (χ2n) is 4.98. The lowest BCUT2D eigenvalue weighted by atomic mass is 10.2. The first-order valence-corrected chi connectivity index (χ1v) is 8.15. The minimum Gasteiger partial charge on any atom is -0.398 e. The molecular formula is C14H22N2O3S. The second kappa shape index (κ2) is 6.26. The number of anilines is 1. The van der Waals surface area contributed by atoms with Gasteiger partial charge >= 0.3 is 0 Å². The van der Waals surface area contributed by atoms with Crippen LogP contribution in [-0.4, -0.2) is 25.6 Å². The van der Waals surface area contributed by atoms with Gasteiger partial charge in [-0.05, 0) is 44.9 Å². The van der Waals surface area contributed by atoms with Crippen LogP contribution in [0.25, 0.3) is 0 Å². The molecule has 0 spiro atoms. The number of sulfone groups is 1. The maximum atomic E-state index is 12.5. The van der Waals surface area contributed by atoms with Crippen LogP contribution in [0, 0.1) is 6.92 Å². The van der Waals surface area contributed by atoms with Gasteiger partial charge in [-0.25, -0.2) is 8.42 Å². The van der Waals surface area contributed by atoms with Crippen molar-refractivity contribution in [2.24, 2.45) is 0 Å². The number of amides is 1. The number of nitrogen functional groups attached to an aromatic ring is 1. The predicted octanol–water partition coefficient (Wildman–Crippen LogP) is 1.65. The zero-order chi connectivity index (χ0) is 15.5. The summed E-state index contributed by atoms with van der Waals surface area (Å²) in [4.78, 5) is 12.1. The molecule has 0 heterocycles. The molecule has 2 atom stereocenters. The molecule has 5 nitrogen and oxygen atoms in total. The van der Waals surface area contributed by atoms with Crippen LogP contribution >= 0.6 is 0 Å². The van der Waals surface area contributed by atoms with Crippen LogP contribution in [0.4, 0.5) is 5.69 Å².